The van der Waals surface area contributed by atoms with E-state index in [1.807, 2.05) is 0 Å². The van der Waals surface area contributed by atoms with E-state index in [2.05, 4.69) is 15.5 Å². The first-order chi connectivity index (χ1) is 8.81. The minimum absolute atomic E-state index is 0.0406. The monoisotopic (exact) mass is 255 g/mol. The van der Waals surface area contributed by atoms with Gasteiger partial charge in [0.2, 0.25) is 5.91 Å². The van der Waals surface area contributed by atoms with Crippen LogP contribution in [-0.4, -0.2) is 62.8 Å². The molecule has 2 unspecified atom stereocenters. The molecule has 0 aliphatic carbocycles. The second-order valence-corrected chi connectivity index (χ2v) is 5.22. The Kier molecular flexibility index (Phi) is 5.41. The Labute approximate surface area is 109 Å². The van der Waals surface area contributed by atoms with E-state index in [9.17, 15) is 4.79 Å². The molecular formula is C13H25N3O2. The van der Waals surface area contributed by atoms with Crippen LogP contribution in [0.25, 0.3) is 0 Å². The Morgan fingerprint density at radius 2 is 2.33 bits per heavy atom. The first-order valence-electron chi connectivity index (χ1n) is 7.05. The quantitative estimate of drug-likeness (QED) is 0.699. The fourth-order valence-electron chi connectivity index (χ4n) is 2.88. The average Bonchev–Trinajstić information content (AvgIpc) is 3.04. The van der Waals surface area contributed by atoms with E-state index in [-0.39, 0.29) is 11.9 Å². The van der Waals surface area contributed by atoms with Crippen molar-refractivity contribution in [3.63, 3.8) is 0 Å². The number of methoxy groups -OCH3 is 1. The molecule has 0 aromatic rings. The largest absolute Gasteiger partial charge is 0.383 e. The number of amides is 1. The average molecular weight is 255 g/mol. The Hall–Kier alpha value is -0.650. The summed E-state index contributed by atoms with van der Waals surface area (Å²) in [7, 11) is 1.73. The van der Waals surface area contributed by atoms with Gasteiger partial charge in [0.05, 0.1) is 12.6 Å². The Bertz CT molecular complexity index is 267. The molecule has 2 N–H and O–H groups in total. The van der Waals surface area contributed by atoms with Crippen molar-refractivity contribution in [3.8, 4) is 0 Å². The number of rotatable bonds is 6. The summed E-state index contributed by atoms with van der Waals surface area (Å²) in [4.78, 5) is 14.3. The third-order valence-corrected chi connectivity index (χ3v) is 3.97. The van der Waals surface area contributed by atoms with Gasteiger partial charge >= 0.3 is 0 Å². The molecule has 2 heterocycles. The van der Waals surface area contributed by atoms with E-state index < -0.39 is 0 Å². The molecule has 2 rings (SSSR count). The maximum atomic E-state index is 11.9. The fraction of sp³-hybridized carbons (Fsp3) is 0.923. The number of carbonyl (C=O) groups is 1. The van der Waals surface area contributed by atoms with Crippen LogP contribution in [-0.2, 0) is 9.53 Å². The van der Waals surface area contributed by atoms with Gasteiger partial charge in [-0.1, -0.05) is 0 Å². The van der Waals surface area contributed by atoms with Gasteiger partial charge in [-0.15, -0.1) is 0 Å². The lowest BCUT2D eigenvalue weighted by molar-refractivity contribution is -0.123. The molecule has 2 aliphatic heterocycles. The summed E-state index contributed by atoms with van der Waals surface area (Å²) in [5, 5.41) is 6.32. The number of nitrogens with one attached hydrogen (secondary N) is 2. The molecule has 5 nitrogen and oxygen atoms in total. The van der Waals surface area contributed by atoms with Crippen LogP contribution in [0.1, 0.15) is 25.7 Å². The predicted molar refractivity (Wildman–Crippen MR) is 70.5 cm³/mol. The maximum absolute atomic E-state index is 11.9. The highest BCUT2D eigenvalue weighted by atomic mass is 16.5. The van der Waals surface area contributed by atoms with Crippen LogP contribution >= 0.6 is 0 Å². The normalized spacial score (nSPS) is 28.7. The zero-order valence-corrected chi connectivity index (χ0v) is 11.3. The summed E-state index contributed by atoms with van der Waals surface area (Å²) >= 11 is 0. The minimum Gasteiger partial charge on any atom is -0.383 e. The van der Waals surface area contributed by atoms with Crippen molar-refractivity contribution in [2.45, 2.75) is 37.8 Å². The maximum Gasteiger partial charge on any atom is 0.237 e. The zero-order valence-electron chi connectivity index (χ0n) is 11.3. The molecule has 5 heteroatoms. The fourth-order valence-corrected chi connectivity index (χ4v) is 2.88. The van der Waals surface area contributed by atoms with Crippen LogP contribution in [0.15, 0.2) is 0 Å². The van der Waals surface area contributed by atoms with Gasteiger partial charge in [0.15, 0.2) is 0 Å². The standard InChI is InChI=1S/C13H25N3O2/c1-18-9-8-16-7-3-4-11(16)10-15-13(17)12-5-2-6-14-12/h11-12,14H,2-10H2,1H3,(H,15,17). The highest BCUT2D eigenvalue weighted by Crippen LogP contribution is 2.16. The number of hydrogen-bond donors (Lipinski definition) is 2. The van der Waals surface area contributed by atoms with Crippen molar-refractivity contribution >= 4 is 5.91 Å². The Morgan fingerprint density at radius 1 is 1.44 bits per heavy atom. The van der Waals surface area contributed by atoms with Crippen LogP contribution in [0, 0.1) is 0 Å². The lowest BCUT2D eigenvalue weighted by Crippen LogP contribution is -2.46. The van der Waals surface area contributed by atoms with Gasteiger partial charge in [0.25, 0.3) is 0 Å². The van der Waals surface area contributed by atoms with E-state index in [0.29, 0.717) is 6.04 Å². The summed E-state index contributed by atoms with van der Waals surface area (Å²) in [6, 6.07) is 0.532. The first-order valence-corrected chi connectivity index (χ1v) is 7.05. The van der Waals surface area contributed by atoms with Crippen LogP contribution in [0.3, 0.4) is 0 Å². The number of carbonyl (C=O) groups excluding carboxylic acids is 1. The molecule has 104 valence electrons. The summed E-state index contributed by atoms with van der Waals surface area (Å²) in [6.45, 7) is 4.63. The van der Waals surface area contributed by atoms with Gasteiger partial charge in [-0.25, -0.2) is 0 Å². The summed E-state index contributed by atoms with van der Waals surface area (Å²) in [6.07, 6.45) is 4.50. The lowest BCUT2D eigenvalue weighted by atomic mass is 10.2. The van der Waals surface area contributed by atoms with Crippen LogP contribution in [0.2, 0.25) is 0 Å². The lowest BCUT2D eigenvalue weighted by Gasteiger charge is -2.24. The highest BCUT2D eigenvalue weighted by molar-refractivity contribution is 5.82. The third-order valence-electron chi connectivity index (χ3n) is 3.97. The number of hydrogen-bond acceptors (Lipinski definition) is 4. The van der Waals surface area contributed by atoms with Crippen molar-refractivity contribution in [2.24, 2.45) is 0 Å². The molecule has 2 atom stereocenters. The van der Waals surface area contributed by atoms with Crippen molar-refractivity contribution < 1.29 is 9.53 Å². The van der Waals surface area contributed by atoms with Crippen LogP contribution < -0.4 is 10.6 Å². The molecule has 0 aromatic heterocycles. The topological polar surface area (TPSA) is 53.6 Å². The molecule has 0 bridgehead atoms. The SMILES string of the molecule is COCCN1CCCC1CNC(=O)C1CCCN1. The highest BCUT2D eigenvalue weighted by Gasteiger charge is 2.26. The number of likely N-dealkylation sites (tertiary alicyclic amines) is 1. The molecule has 2 saturated heterocycles. The molecule has 0 spiro atoms. The third kappa shape index (κ3) is 3.67. The molecule has 1 amide bonds. The van der Waals surface area contributed by atoms with Crippen LogP contribution in [0.4, 0.5) is 0 Å². The van der Waals surface area contributed by atoms with Gasteiger partial charge in [0.1, 0.15) is 0 Å². The molecule has 2 aliphatic rings. The Morgan fingerprint density at radius 3 is 3.06 bits per heavy atom. The van der Waals surface area contributed by atoms with E-state index in [0.717, 1.165) is 45.6 Å². The second-order valence-electron chi connectivity index (χ2n) is 5.22. The van der Waals surface area contributed by atoms with Crippen molar-refractivity contribution in [1.82, 2.24) is 15.5 Å². The van der Waals surface area contributed by atoms with Crippen molar-refractivity contribution in [1.29, 1.82) is 0 Å². The van der Waals surface area contributed by atoms with Crippen molar-refractivity contribution in [2.75, 3.05) is 39.9 Å². The van der Waals surface area contributed by atoms with Crippen molar-refractivity contribution in [3.05, 3.63) is 0 Å². The van der Waals surface area contributed by atoms with E-state index in [4.69, 9.17) is 4.74 Å². The summed E-state index contributed by atoms with van der Waals surface area (Å²) < 4.78 is 5.12. The van der Waals surface area contributed by atoms with Gasteiger partial charge < -0.3 is 15.4 Å². The number of nitrogens with zero attached hydrogens (tertiary/aromatic N) is 1. The second kappa shape index (κ2) is 7.07. The summed E-state index contributed by atoms with van der Waals surface area (Å²) in [5.41, 5.74) is 0. The minimum atomic E-state index is 0.0406. The smallest absolute Gasteiger partial charge is 0.237 e. The van der Waals surface area contributed by atoms with Gasteiger partial charge in [-0.3, -0.25) is 9.69 Å². The van der Waals surface area contributed by atoms with E-state index in [1.54, 1.807) is 7.11 Å². The summed E-state index contributed by atoms with van der Waals surface area (Å²) in [5.74, 6) is 0.172. The van der Waals surface area contributed by atoms with Gasteiger partial charge in [-0.2, -0.15) is 0 Å². The van der Waals surface area contributed by atoms with E-state index in [1.165, 1.54) is 12.8 Å². The molecule has 0 radical (unpaired) electrons. The first kappa shape index (κ1) is 13.8. The van der Waals surface area contributed by atoms with Gasteiger partial charge in [0, 0.05) is 26.2 Å². The Balaban J connectivity index is 1.69. The predicted octanol–water partition coefficient (Wildman–Crippen LogP) is -0.0346. The molecule has 18 heavy (non-hydrogen) atoms. The molecular weight excluding hydrogens is 230 g/mol. The van der Waals surface area contributed by atoms with Crippen LogP contribution in [0.5, 0.6) is 0 Å². The van der Waals surface area contributed by atoms with Gasteiger partial charge in [-0.05, 0) is 38.8 Å². The zero-order chi connectivity index (χ0) is 12.8. The number of ether oxygens (including phenoxy) is 1. The molecule has 0 saturated carbocycles. The van der Waals surface area contributed by atoms with E-state index >= 15 is 0 Å². The molecule has 2 fully saturated rings. The molecule has 0 aromatic carbocycles.